The van der Waals surface area contributed by atoms with Crippen molar-refractivity contribution in [2.24, 2.45) is 41.4 Å². The first kappa shape index (κ1) is 37.2. The van der Waals surface area contributed by atoms with Gasteiger partial charge < -0.3 is 14.2 Å². The van der Waals surface area contributed by atoms with Gasteiger partial charge in [-0.2, -0.15) is 5.10 Å². The Hall–Kier alpha value is -1.83. The minimum absolute atomic E-state index is 0. The van der Waals surface area contributed by atoms with Crippen LogP contribution in [0.15, 0.2) is 24.4 Å². The van der Waals surface area contributed by atoms with Crippen LogP contribution in [-0.2, 0) is 23.8 Å². The highest BCUT2D eigenvalue weighted by Crippen LogP contribution is 2.40. The quantitative estimate of drug-likeness (QED) is 0.366. The van der Waals surface area contributed by atoms with Crippen LogP contribution in [0.5, 0.6) is 0 Å². The van der Waals surface area contributed by atoms with E-state index in [0.717, 1.165) is 11.6 Å². The molecule has 0 spiro atoms. The second-order valence-electron chi connectivity index (χ2n) is 13.2. The molecule has 3 saturated heterocycles. The predicted molar refractivity (Wildman–Crippen MR) is 169 cm³/mol. The highest BCUT2D eigenvalue weighted by molar-refractivity contribution is 5.93. The highest BCUT2D eigenvalue weighted by Gasteiger charge is 2.40. The van der Waals surface area contributed by atoms with Gasteiger partial charge in [0.15, 0.2) is 11.6 Å². The molecule has 7 nitrogen and oxygen atoms in total. The minimum atomic E-state index is -0.221. The lowest BCUT2D eigenvalue weighted by atomic mass is 9.89. The van der Waals surface area contributed by atoms with Crippen LogP contribution >= 0.6 is 0 Å². The first-order valence-electron chi connectivity index (χ1n) is 15.7. The summed E-state index contributed by atoms with van der Waals surface area (Å²) in [6.07, 6.45) is 5.77. The maximum atomic E-state index is 11.5. The van der Waals surface area contributed by atoms with Gasteiger partial charge in [0.1, 0.15) is 18.3 Å². The van der Waals surface area contributed by atoms with Crippen molar-refractivity contribution >= 4 is 11.6 Å². The van der Waals surface area contributed by atoms with Crippen LogP contribution in [-0.4, -0.2) is 52.3 Å². The molecule has 0 amide bonds. The first-order chi connectivity index (χ1) is 19.0. The molecule has 12 atom stereocenters. The number of ketones is 2. The number of hydrogen-bond donors (Lipinski definition) is 1. The molecule has 238 valence electrons. The van der Waals surface area contributed by atoms with Gasteiger partial charge in [-0.15, -0.1) is 0 Å². The summed E-state index contributed by atoms with van der Waals surface area (Å²) in [5, 5.41) is 6.92. The monoisotopic (exact) mass is 578 g/mol. The van der Waals surface area contributed by atoms with Crippen LogP contribution in [0.1, 0.15) is 110 Å². The average molecular weight is 579 g/mol. The largest absolute Gasteiger partial charge is 0.368 e. The molecule has 41 heavy (non-hydrogen) atoms. The molecule has 0 aromatic carbocycles. The van der Waals surface area contributed by atoms with Crippen LogP contribution in [0, 0.1) is 41.4 Å². The number of aromatic nitrogens is 2. The molecule has 3 aliphatic heterocycles. The topological polar surface area (TPSA) is 90.5 Å². The zero-order valence-corrected chi connectivity index (χ0v) is 28.3. The lowest BCUT2D eigenvalue weighted by Crippen LogP contribution is -2.24. The molecule has 1 N–H and O–H groups in total. The SMILES string of the molecule is C/C=C/C(=O)[C@H]1O[C@@H](C)[C@H](C)[C@@H]1C.CC(=O)[C@H]1O[C@@H](C)[C@H](C)[C@@H]1C.CC(C)C.C[C@@H]1[C@H](C)[C@@H](c2ccn[nH]2)O[C@H]1C.[HH]. The standard InChI is InChI=1S/C11H18O2.C10H16N2O.C9H16O2.C4H10.H2/c1-5-6-10(12)11-8(3)7(2)9(4)13-11;1-6-7(2)10(13-8(6)3)9-4-5-11-12-9;1-5-6(2)9(7(3)10)11-8(5)4;1-4(2)3;/h5-9,11H,1-4H3;4-8,10H,1-3H3,(H,11,12);5-6,8-9H,1-4H3;4H,1-3H3;1H/b6-5+;;;;/t7-,8+,9+,11+;6-,7+,8+,10+;5-,6+,8+,9+;;/m111../s1. The average Bonchev–Trinajstić information content (AvgIpc) is 3.64. The van der Waals surface area contributed by atoms with E-state index in [0.29, 0.717) is 41.6 Å². The lowest BCUT2D eigenvalue weighted by molar-refractivity contribution is -0.128. The van der Waals surface area contributed by atoms with E-state index in [1.54, 1.807) is 25.3 Å². The fourth-order valence-corrected chi connectivity index (χ4v) is 5.38. The number of carbonyl (C=O) groups excluding carboxylic acids is 2. The Bertz CT molecular complexity index is 934. The van der Waals surface area contributed by atoms with Crippen LogP contribution in [0.3, 0.4) is 0 Å². The summed E-state index contributed by atoms with van der Waals surface area (Å²) in [5.74, 6) is 3.97. The van der Waals surface area contributed by atoms with E-state index < -0.39 is 0 Å². The second kappa shape index (κ2) is 17.3. The van der Waals surface area contributed by atoms with E-state index >= 15 is 0 Å². The molecule has 3 aliphatic rings. The molecular formula is C34H62N2O5. The van der Waals surface area contributed by atoms with Gasteiger partial charge in [0, 0.05) is 7.62 Å². The van der Waals surface area contributed by atoms with Crippen molar-refractivity contribution < 1.29 is 25.2 Å². The summed E-state index contributed by atoms with van der Waals surface area (Å²) in [7, 11) is 0. The van der Waals surface area contributed by atoms with Gasteiger partial charge in [0.2, 0.25) is 0 Å². The molecule has 0 radical (unpaired) electrons. The van der Waals surface area contributed by atoms with Crippen LogP contribution < -0.4 is 0 Å². The normalized spacial score (nSPS) is 38.0. The van der Waals surface area contributed by atoms with Gasteiger partial charge in [-0.05, 0) is 88.2 Å². The van der Waals surface area contributed by atoms with Gasteiger partial charge >= 0.3 is 0 Å². The number of allylic oxidation sites excluding steroid dienone is 1. The van der Waals surface area contributed by atoms with Gasteiger partial charge in [0.25, 0.3) is 0 Å². The van der Waals surface area contributed by atoms with Crippen LogP contribution in [0.25, 0.3) is 0 Å². The van der Waals surface area contributed by atoms with Gasteiger partial charge in [0.05, 0.1) is 24.0 Å². The Balaban J connectivity index is 0.000000560. The first-order valence-corrected chi connectivity index (χ1v) is 15.7. The molecule has 7 heteroatoms. The van der Waals surface area contributed by atoms with Crippen molar-refractivity contribution in [3.8, 4) is 0 Å². The molecule has 1 aromatic rings. The summed E-state index contributed by atoms with van der Waals surface area (Å²) >= 11 is 0. The van der Waals surface area contributed by atoms with Crippen LogP contribution in [0.2, 0.25) is 0 Å². The van der Waals surface area contributed by atoms with Crippen molar-refractivity contribution in [3.05, 3.63) is 30.1 Å². The molecule has 4 heterocycles. The Kier molecular flexibility index (Phi) is 15.7. The third kappa shape index (κ3) is 10.7. The number of ether oxygens (including phenoxy) is 3. The number of carbonyl (C=O) groups is 2. The van der Waals surface area contributed by atoms with Gasteiger partial charge in [-0.1, -0.05) is 68.4 Å². The Labute approximate surface area is 252 Å². The smallest absolute Gasteiger partial charge is 0.184 e. The van der Waals surface area contributed by atoms with Crippen molar-refractivity contribution in [3.63, 3.8) is 0 Å². The fraction of sp³-hybridized carbons (Fsp3) is 0.794. The molecule has 1 aromatic heterocycles. The van der Waals surface area contributed by atoms with Crippen molar-refractivity contribution in [1.29, 1.82) is 0 Å². The summed E-state index contributed by atoms with van der Waals surface area (Å²) in [6, 6.07) is 1.99. The number of H-pyrrole nitrogens is 1. The second-order valence-corrected chi connectivity index (χ2v) is 13.2. The summed E-state index contributed by atoms with van der Waals surface area (Å²) in [5.41, 5.74) is 1.10. The molecule has 0 unspecified atom stereocenters. The molecule has 4 rings (SSSR count). The van der Waals surface area contributed by atoms with E-state index in [1.165, 1.54) is 0 Å². The third-order valence-corrected chi connectivity index (χ3v) is 9.07. The van der Waals surface area contributed by atoms with E-state index in [1.807, 2.05) is 26.8 Å². The molecular weight excluding hydrogens is 516 g/mol. The summed E-state index contributed by atoms with van der Waals surface area (Å²) in [6.45, 7) is 29.1. The maximum absolute atomic E-state index is 11.5. The molecule has 3 fully saturated rings. The predicted octanol–water partition coefficient (Wildman–Crippen LogP) is 7.88. The zero-order chi connectivity index (χ0) is 31.6. The Morgan fingerprint density at radius 3 is 1.51 bits per heavy atom. The molecule has 0 bridgehead atoms. The van der Waals surface area contributed by atoms with Crippen molar-refractivity contribution in [2.75, 3.05) is 0 Å². The lowest BCUT2D eigenvalue weighted by Gasteiger charge is -2.13. The zero-order valence-electron chi connectivity index (χ0n) is 28.3. The van der Waals surface area contributed by atoms with Crippen molar-refractivity contribution in [2.45, 2.75) is 134 Å². The number of rotatable bonds is 4. The van der Waals surface area contributed by atoms with E-state index in [4.69, 9.17) is 14.2 Å². The molecule has 0 aliphatic carbocycles. The number of nitrogens with one attached hydrogen (secondary N) is 1. The van der Waals surface area contributed by atoms with Crippen molar-refractivity contribution in [1.82, 2.24) is 10.2 Å². The Morgan fingerprint density at radius 2 is 1.22 bits per heavy atom. The van der Waals surface area contributed by atoms with Crippen LogP contribution in [0.4, 0.5) is 0 Å². The Morgan fingerprint density at radius 1 is 0.780 bits per heavy atom. The summed E-state index contributed by atoms with van der Waals surface area (Å²) in [4.78, 5) is 22.6. The van der Waals surface area contributed by atoms with E-state index in [9.17, 15) is 9.59 Å². The number of Topliss-reactive ketones (excluding diaryl/α,β-unsaturated/α-hetero) is 1. The summed E-state index contributed by atoms with van der Waals surface area (Å²) < 4.78 is 17.0. The third-order valence-electron chi connectivity index (χ3n) is 9.07. The van der Waals surface area contributed by atoms with E-state index in [2.05, 4.69) is 79.4 Å². The van der Waals surface area contributed by atoms with E-state index in [-0.39, 0.29) is 43.5 Å². The van der Waals surface area contributed by atoms with Gasteiger partial charge in [-0.3, -0.25) is 14.7 Å². The van der Waals surface area contributed by atoms with Gasteiger partial charge in [-0.25, -0.2) is 0 Å². The fourth-order valence-electron chi connectivity index (χ4n) is 5.38. The number of aromatic amines is 1. The maximum Gasteiger partial charge on any atom is 0.184 e. The number of hydrogen-bond acceptors (Lipinski definition) is 6. The number of nitrogens with zero attached hydrogens (tertiary/aromatic N) is 1. The highest BCUT2D eigenvalue weighted by atomic mass is 16.5. The molecule has 0 saturated carbocycles. The minimum Gasteiger partial charge on any atom is -0.368 e.